The predicted molar refractivity (Wildman–Crippen MR) is 97.3 cm³/mol. The molecule has 0 spiro atoms. The van der Waals surface area contributed by atoms with Crippen molar-refractivity contribution in [3.05, 3.63) is 53.6 Å². The first kappa shape index (κ1) is 17.6. The zero-order chi connectivity index (χ0) is 18.5. The smallest absolute Gasteiger partial charge is 0.321 e. The third-order valence-corrected chi connectivity index (χ3v) is 4.09. The number of benzene rings is 2. The molecule has 0 saturated heterocycles. The zero-order valence-corrected chi connectivity index (χ0v) is 14.7. The third-order valence-electron chi connectivity index (χ3n) is 4.09. The Bertz CT molecular complexity index is 822. The monoisotopic (exact) mass is 355 g/mol. The maximum absolute atomic E-state index is 12.5. The average Bonchev–Trinajstić information content (AvgIpc) is 3.10. The van der Waals surface area contributed by atoms with Crippen molar-refractivity contribution in [2.24, 2.45) is 0 Å². The number of hydrogen-bond acceptors (Lipinski definition) is 4. The molecule has 3 amide bonds. The summed E-state index contributed by atoms with van der Waals surface area (Å²) in [6.45, 7) is 0.636. The number of ether oxygens (including phenoxy) is 2. The van der Waals surface area contributed by atoms with Crippen molar-refractivity contribution in [1.82, 2.24) is 10.2 Å². The molecule has 0 saturated carbocycles. The van der Waals surface area contributed by atoms with Crippen LogP contribution in [0.5, 0.6) is 11.5 Å². The van der Waals surface area contributed by atoms with Crippen LogP contribution in [-0.4, -0.2) is 37.7 Å². The first-order chi connectivity index (χ1) is 12.6. The minimum Gasteiger partial charge on any atom is -0.454 e. The van der Waals surface area contributed by atoms with Crippen molar-refractivity contribution in [3.8, 4) is 11.5 Å². The average molecular weight is 355 g/mol. The van der Waals surface area contributed by atoms with Crippen molar-refractivity contribution in [2.45, 2.75) is 13.0 Å². The molecule has 2 N–H and O–H groups in total. The summed E-state index contributed by atoms with van der Waals surface area (Å²) in [6, 6.07) is 12.6. The van der Waals surface area contributed by atoms with Gasteiger partial charge in [0.2, 0.25) is 12.7 Å². The molecular formula is C19H21N3O4. The fourth-order valence-corrected chi connectivity index (χ4v) is 2.65. The lowest BCUT2D eigenvalue weighted by Gasteiger charge is -2.19. The van der Waals surface area contributed by atoms with E-state index in [0.29, 0.717) is 23.7 Å². The molecule has 1 aliphatic heterocycles. The highest BCUT2D eigenvalue weighted by Crippen LogP contribution is 2.32. The molecule has 1 aliphatic rings. The maximum Gasteiger partial charge on any atom is 0.321 e. The molecule has 0 fully saturated rings. The van der Waals surface area contributed by atoms with Gasteiger partial charge in [-0.2, -0.15) is 0 Å². The van der Waals surface area contributed by atoms with Gasteiger partial charge in [0.15, 0.2) is 11.5 Å². The van der Waals surface area contributed by atoms with E-state index in [0.717, 1.165) is 11.1 Å². The molecule has 2 aromatic rings. The number of likely N-dealkylation sites (N-methyl/N-ethyl adjacent to an activating group) is 1. The lowest BCUT2D eigenvalue weighted by molar-refractivity contribution is -0.119. The van der Waals surface area contributed by atoms with Gasteiger partial charge < -0.3 is 25.0 Å². The van der Waals surface area contributed by atoms with E-state index in [2.05, 4.69) is 10.6 Å². The highest BCUT2D eigenvalue weighted by atomic mass is 16.7. The molecule has 1 heterocycles. The molecule has 7 nitrogen and oxygen atoms in total. The number of nitrogens with zero attached hydrogens (tertiary/aromatic N) is 1. The Balaban J connectivity index is 1.65. The summed E-state index contributed by atoms with van der Waals surface area (Å²) in [5, 5.41) is 5.45. The second kappa shape index (κ2) is 7.77. The summed E-state index contributed by atoms with van der Waals surface area (Å²) in [5.74, 6) is 1.29. The van der Waals surface area contributed by atoms with E-state index < -0.39 is 0 Å². The van der Waals surface area contributed by atoms with Crippen LogP contribution in [0, 0.1) is 0 Å². The standard InChI is InChI=1S/C19H21N3O4/c1-20-18(23)10-14-5-3-4-6-15(14)21-19(24)22(2)11-13-7-8-16-17(9-13)26-12-25-16/h3-9H,10-12H2,1-2H3,(H,20,23)(H,21,24). The Labute approximate surface area is 151 Å². The number of amides is 3. The van der Waals surface area contributed by atoms with Gasteiger partial charge in [0.25, 0.3) is 0 Å². The molecule has 0 aliphatic carbocycles. The second-order valence-corrected chi connectivity index (χ2v) is 5.98. The summed E-state index contributed by atoms with van der Waals surface area (Å²) < 4.78 is 10.7. The maximum atomic E-state index is 12.5. The molecule has 0 aromatic heterocycles. The molecule has 0 bridgehead atoms. The molecule has 0 atom stereocenters. The van der Waals surface area contributed by atoms with Crippen LogP contribution in [0.25, 0.3) is 0 Å². The number of rotatable bonds is 5. The van der Waals surface area contributed by atoms with Crippen molar-refractivity contribution in [1.29, 1.82) is 0 Å². The fourth-order valence-electron chi connectivity index (χ4n) is 2.65. The van der Waals surface area contributed by atoms with Crippen molar-refractivity contribution >= 4 is 17.6 Å². The zero-order valence-electron chi connectivity index (χ0n) is 14.7. The van der Waals surface area contributed by atoms with Gasteiger partial charge >= 0.3 is 6.03 Å². The van der Waals surface area contributed by atoms with Gasteiger partial charge in [0.1, 0.15) is 0 Å². The van der Waals surface area contributed by atoms with Gasteiger partial charge in [0, 0.05) is 26.3 Å². The third kappa shape index (κ3) is 4.05. The minimum absolute atomic E-state index is 0.111. The largest absolute Gasteiger partial charge is 0.454 e. The first-order valence-corrected chi connectivity index (χ1v) is 8.26. The molecule has 0 radical (unpaired) electrons. The van der Waals surface area contributed by atoms with E-state index in [1.54, 1.807) is 25.1 Å². The number of fused-ring (bicyclic) bond motifs is 1. The topological polar surface area (TPSA) is 79.9 Å². The first-order valence-electron chi connectivity index (χ1n) is 8.26. The van der Waals surface area contributed by atoms with Gasteiger partial charge in [-0.15, -0.1) is 0 Å². The van der Waals surface area contributed by atoms with E-state index in [1.165, 1.54) is 0 Å². The lowest BCUT2D eigenvalue weighted by atomic mass is 10.1. The second-order valence-electron chi connectivity index (χ2n) is 5.98. The van der Waals surface area contributed by atoms with Crippen LogP contribution in [0.1, 0.15) is 11.1 Å². The van der Waals surface area contributed by atoms with E-state index in [-0.39, 0.29) is 25.2 Å². The predicted octanol–water partition coefficient (Wildman–Crippen LogP) is 2.37. The molecule has 136 valence electrons. The van der Waals surface area contributed by atoms with Crippen LogP contribution in [0.3, 0.4) is 0 Å². The van der Waals surface area contributed by atoms with Crippen LogP contribution in [0.2, 0.25) is 0 Å². The van der Waals surface area contributed by atoms with Crippen molar-refractivity contribution in [3.63, 3.8) is 0 Å². The van der Waals surface area contributed by atoms with Crippen LogP contribution >= 0.6 is 0 Å². The Morgan fingerprint density at radius 3 is 2.69 bits per heavy atom. The Hall–Kier alpha value is -3.22. The Morgan fingerprint density at radius 1 is 1.12 bits per heavy atom. The number of para-hydroxylation sites is 1. The quantitative estimate of drug-likeness (QED) is 0.863. The summed E-state index contributed by atoms with van der Waals surface area (Å²) in [6.07, 6.45) is 0.207. The number of anilines is 1. The van der Waals surface area contributed by atoms with Crippen LogP contribution < -0.4 is 20.1 Å². The SMILES string of the molecule is CNC(=O)Cc1ccccc1NC(=O)N(C)Cc1ccc2c(c1)OCO2. The Kier molecular flexibility index (Phi) is 5.26. The number of hydrogen-bond donors (Lipinski definition) is 2. The summed E-state index contributed by atoms with van der Waals surface area (Å²) >= 11 is 0. The molecule has 3 rings (SSSR count). The molecule has 0 unspecified atom stereocenters. The summed E-state index contributed by atoms with van der Waals surface area (Å²) in [5.41, 5.74) is 2.32. The minimum atomic E-state index is -0.257. The molecule has 2 aromatic carbocycles. The van der Waals surface area contributed by atoms with Crippen LogP contribution in [0.4, 0.5) is 10.5 Å². The number of nitrogens with one attached hydrogen (secondary N) is 2. The number of urea groups is 1. The van der Waals surface area contributed by atoms with Crippen molar-refractivity contribution < 1.29 is 19.1 Å². The highest BCUT2D eigenvalue weighted by Gasteiger charge is 2.16. The van der Waals surface area contributed by atoms with E-state index >= 15 is 0 Å². The van der Waals surface area contributed by atoms with Gasteiger partial charge in [-0.05, 0) is 29.3 Å². The summed E-state index contributed by atoms with van der Waals surface area (Å²) in [7, 11) is 3.30. The number of carbonyl (C=O) groups is 2. The van der Waals surface area contributed by atoms with Crippen LogP contribution in [-0.2, 0) is 17.8 Å². The fraction of sp³-hybridized carbons (Fsp3) is 0.263. The molecule has 7 heteroatoms. The van der Waals surface area contributed by atoms with Gasteiger partial charge in [-0.3, -0.25) is 4.79 Å². The van der Waals surface area contributed by atoms with Gasteiger partial charge in [-0.1, -0.05) is 24.3 Å². The van der Waals surface area contributed by atoms with Gasteiger partial charge in [-0.25, -0.2) is 4.79 Å². The van der Waals surface area contributed by atoms with E-state index in [4.69, 9.17) is 9.47 Å². The number of carbonyl (C=O) groups excluding carboxylic acids is 2. The van der Waals surface area contributed by atoms with E-state index in [1.807, 2.05) is 36.4 Å². The Morgan fingerprint density at radius 2 is 1.88 bits per heavy atom. The lowest BCUT2D eigenvalue weighted by Crippen LogP contribution is -2.31. The van der Waals surface area contributed by atoms with Crippen LogP contribution in [0.15, 0.2) is 42.5 Å². The van der Waals surface area contributed by atoms with Gasteiger partial charge in [0.05, 0.1) is 6.42 Å². The van der Waals surface area contributed by atoms with Crippen molar-refractivity contribution in [2.75, 3.05) is 26.2 Å². The summed E-state index contributed by atoms with van der Waals surface area (Å²) in [4.78, 5) is 25.7. The molecular weight excluding hydrogens is 334 g/mol. The molecule has 26 heavy (non-hydrogen) atoms. The van der Waals surface area contributed by atoms with E-state index in [9.17, 15) is 9.59 Å². The highest BCUT2D eigenvalue weighted by molar-refractivity contribution is 5.91. The normalized spacial score (nSPS) is 11.8.